The molecule has 1 aliphatic rings. The van der Waals surface area contributed by atoms with Crippen molar-refractivity contribution < 1.29 is 4.79 Å². The first-order valence-corrected chi connectivity index (χ1v) is 7.83. The van der Waals surface area contributed by atoms with Gasteiger partial charge in [0.1, 0.15) is 0 Å². The van der Waals surface area contributed by atoms with Crippen LogP contribution in [0, 0.1) is 5.92 Å². The number of carbonyl (C=O) groups is 1. The summed E-state index contributed by atoms with van der Waals surface area (Å²) in [7, 11) is 6.26. The molecule has 1 atom stereocenters. The number of rotatable bonds is 7. The van der Waals surface area contributed by atoms with Gasteiger partial charge in [0, 0.05) is 25.7 Å². The fraction of sp³-hybridized carbons (Fsp3) is 0.933. The fourth-order valence-electron chi connectivity index (χ4n) is 2.76. The molecule has 0 spiro atoms. The second-order valence-corrected chi connectivity index (χ2v) is 6.21. The van der Waals surface area contributed by atoms with Crippen LogP contribution in [0.4, 0.5) is 0 Å². The van der Waals surface area contributed by atoms with Gasteiger partial charge in [-0.15, -0.1) is 0 Å². The summed E-state index contributed by atoms with van der Waals surface area (Å²) in [6.45, 7) is 6.40. The fourth-order valence-corrected chi connectivity index (χ4v) is 2.76. The van der Waals surface area contributed by atoms with E-state index >= 15 is 0 Å². The Labute approximate surface area is 124 Å². The lowest BCUT2D eigenvalue weighted by Crippen LogP contribution is -2.51. The summed E-state index contributed by atoms with van der Waals surface area (Å²) in [5.41, 5.74) is 5.76. The standard InChI is InChI=1S/C15H32N4O/c1-5-13(12-16)15(20)19(11-10-17(2)3)14-6-8-18(4)9-7-14/h13-14H,5-12,16H2,1-4H3. The minimum Gasteiger partial charge on any atom is -0.338 e. The van der Waals surface area contributed by atoms with Gasteiger partial charge in [-0.2, -0.15) is 0 Å². The van der Waals surface area contributed by atoms with Gasteiger partial charge in [-0.3, -0.25) is 4.79 Å². The first-order valence-electron chi connectivity index (χ1n) is 7.83. The van der Waals surface area contributed by atoms with E-state index in [1.807, 2.05) is 6.92 Å². The molecule has 118 valence electrons. The van der Waals surface area contributed by atoms with Gasteiger partial charge in [-0.25, -0.2) is 0 Å². The molecule has 0 aromatic rings. The normalized spacial score (nSPS) is 19.3. The number of piperidine rings is 1. The van der Waals surface area contributed by atoms with Crippen LogP contribution in [0.3, 0.4) is 0 Å². The van der Waals surface area contributed by atoms with Crippen LogP contribution < -0.4 is 5.73 Å². The number of likely N-dealkylation sites (N-methyl/N-ethyl adjacent to an activating group) is 1. The van der Waals surface area contributed by atoms with E-state index in [9.17, 15) is 4.79 Å². The average molecular weight is 284 g/mol. The van der Waals surface area contributed by atoms with E-state index in [1.54, 1.807) is 0 Å². The predicted octanol–water partition coefficient (Wildman–Crippen LogP) is 0.456. The quantitative estimate of drug-likeness (QED) is 0.738. The van der Waals surface area contributed by atoms with E-state index in [0.717, 1.165) is 45.4 Å². The highest BCUT2D eigenvalue weighted by molar-refractivity contribution is 5.79. The topological polar surface area (TPSA) is 52.8 Å². The first kappa shape index (κ1) is 17.4. The maximum absolute atomic E-state index is 12.7. The molecule has 0 radical (unpaired) electrons. The molecule has 0 saturated carbocycles. The average Bonchev–Trinajstić information content (AvgIpc) is 2.42. The molecule has 20 heavy (non-hydrogen) atoms. The molecule has 0 aromatic heterocycles. The summed E-state index contributed by atoms with van der Waals surface area (Å²) in [5.74, 6) is 0.239. The van der Waals surface area contributed by atoms with Crippen LogP contribution >= 0.6 is 0 Å². The zero-order chi connectivity index (χ0) is 15.1. The first-order chi connectivity index (χ1) is 9.49. The lowest BCUT2D eigenvalue weighted by atomic mass is 9.99. The predicted molar refractivity (Wildman–Crippen MR) is 83.6 cm³/mol. The van der Waals surface area contributed by atoms with E-state index in [0.29, 0.717) is 12.6 Å². The van der Waals surface area contributed by atoms with Gasteiger partial charge in [0.2, 0.25) is 5.91 Å². The Morgan fingerprint density at radius 3 is 2.35 bits per heavy atom. The lowest BCUT2D eigenvalue weighted by molar-refractivity contribution is -0.138. The van der Waals surface area contributed by atoms with Crippen molar-refractivity contribution in [2.24, 2.45) is 11.7 Å². The van der Waals surface area contributed by atoms with E-state index in [4.69, 9.17) is 5.73 Å². The SMILES string of the molecule is CCC(CN)C(=O)N(CCN(C)C)C1CCN(C)CC1. The highest BCUT2D eigenvalue weighted by Gasteiger charge is 2.29. The Morgan fingerprint density at radius 1 is 1.30 bits per heavy atom. The van der Waals surface area contributed by atoms with Crippen LogP contribution in [-0.4, -0.2) is 80.5 Å². The monoisotopic (exact) mass is 284 g/mol. The highest BCUT2D eigenvalue weighted by atomic mass is 16.2. The molecule has 2 N–H and O–H groups in total. The van der Waals surface area contributed by atoms with Crippen molar-refractivity contribution in [3.8, 4) is 0 Å². The molecule has 1 heterocycles. The summed E-state index contributed by atoms with van der Waals surface area (Å²) in [5, 5.41) is 0. The molecule has 0 aromatic carbocycles. The van der Waals surface area contributed by atoms with Crippen molar-refractivity contribution in [3.63, 3.8) is 0 Å². The molecule has 1 saturated heterocycles. The molecule has 1 unspecified atom stereocenters. The third-order valence-electron chi connectivity index (χ3n) is 4.33. The van der Waals surface area contributed by atoms with Crippen molar-refractivity contribution in [1.29, 1.82) is 0 Å². The highest BCUT2D eigenvalue weighted by Crippen LogP contribution is 2.18. The molecule has 0 aliphatic carbocycles. The summed E-state index contributed by atoms with van der Waals surface area (Å²) >= 11 is 0. The van der Waals surface area contributed by atoms with Gasteiger partial charge in [0.25, 0.3) is 0 Å². The Bertz CT molecular complexity index is 284. The van der Waals surface area contributed by atoms with Crippen LogP contribution in [0.1, 0.15) is 26.2 Å². The van der Waals surface area contributed by atoms with Gasteiger partial charge in [0.05, 0.1) is 5.92 Å². The van der Waals surface area contributed by atoms with Gasteiger partial charge in [0.15, 0.2) is 0 Å². The minimum absolute atomic E-state index is 0.0168. The number of amides is 1. The maximum Gasteiger partial charge on any atom is 0.227 e. The molecule has 1 rings (SSSR count). The number of carbonyl (C=O) groups excluding carboxylic acids is 1. The second-order valence-electron chi connectivity index (χ2n) is 6.21. The van der Waals surface area contributed by atoms with Crippen LogP contribution in [0.25, 0.3) is 0 Å². The third-order valence-corrected chi connectivity index (χ3v) is 4.33. The summed E-state index contributed by atoms with van der Waals surface area (Å²) in [4.78, 5) is 19.3. The molecule has 5 heteroatoms. The van der Waals surface area contributed by atoms with Crippen molar-refractivity contribution >= 4 is 5.91 Å². The van der Waals surface area contributed by atoms with Gasteiger partial charge < -0.3 is 20.4 Å². The van der Waals surface area contributed by atoms with Crippen LogP contribution in [0.2, 0.25) is 0 Å². The Balaban J connectivity index is 2.70. The van der Waals surface area contributed by atoms with E-state index in [-0.39, 0.29) is 11.8 Å². The minimum atomic E-state index is -0.0168. The molecule has 1 aliphatic heterocycles. The van der Waals surface area contributed by atoms with Crippen molar-refractivity contribution in [2.45, 2.75) is 32.2 Å². The molecular formula is C15H32N4O. The van der Waals surface area contributed by atoms with Gasteiger partial charge in [-0.05, 0) is 53.5 Å². The summed E-state index contributed by atoms with van der Waals surface area (Å²) in [6.07, 6.45) is 2.99. The maximum atomic E-state index is 12.7. The Kier molecular flexibility index (Phi) is 7.48. The summed E-state index contributed by atoms with van der Waals surface area (Å²) < 4.78 is 0. The van der Waals surface area contributed by atoms with Crippen molar-refractivity contribution in [1.82, 2.24) is 14.7 Å². The Morgan fingerprint density at radius 2 is 1.90 bits per heavy atom. The largest absolute Gasteiger partial charge is 0.338 e. The second kappa shape index (κ2) is 8.60. The number of likely N-dealkylation sites (tertiary alicyclic amines) is 1. The van der Waals surface area contributed by atoms with E-state index < -0.39 is 0 Å². The van der Waals surface area contributed by atoms with Crippen LogP contribution in [0.15, 0.2) is 0 Å². The van der Waals surface area contributed by atoms with Crippen LogP contribution in [-0.2, 0) is 4.79 Å². The number of nitrogens with zero attached hydrogens (tertiary/aromatic N) is 3. The Hall–Kier alpha value is -0.650. The number of hydrogen-bond donors (Lipinski definition) is 1. The molecule has 5 nitrogen and oxygen atoms in total. The molecule has 1 fully saturated rings. The number of hydrogen-bond acceptors (Lipinski definition) is 4. The zero-order valence-corrected chi connectivity index (χ0v) is 13.6. The molecular weight excluding hydrogens is 252 g/mol. The van der Waals surface area contributed by atoms with Crippen molar-refractivity contribution in [2.75, 3.05) is 53.9 Å². The lowest BCUT2D eigenvalue weighted by Gasteiger charge is -2.39. The molecule has 0 bridgehead atoms. The van der Waals surface area contributed by atoms with Crippen LogP contribution in [0.5, 0.6) is 0 Å². The van der Waals surface area contributed by atoms with Gasteiger partial charge >= 0.3 is 0 Å². The smallest absolute Gasteiger partial charge is 0.227 e. The van der Waals surface area contributed by atoms with Gasteiger partial charge in [-0.1, -0.05) is 6.92 Å². The third kappa shape index (κ3) is 5.04. The van der Waals surface area contributed by atoms with E-state index in [2.05, 4.69) is 35.8 Å². The molecule has 1 amide bonds. The van der Waals surface area contributed by atoms with Crippen molar-refractivity contribution in [3.05, 3.63) is 0 Å². The number of nitrogens with two attached hydrogens (primary N) is 1. The zero-order valence-electron chi connectivity index (χ0n) is 13.6. The summed E-state index contributed by atoms with van der Waals surface area (Å²) in [6, 6.07) is 0.388. The van der Waals surface area contributed by atoms with E-state index in [1.165, 1.54) is 0 Å².